The minimum atomic E-state index is 0.364. The quantitative estimate of drug-likeness (QED) is 0.897. The van der Waals surface area contributed by atoms with Crippen LogP contribution in [0, 0.1) is 6.92 Å². The maximum absolute atomic E-state index is 5.11. The van der Waals surface area contributed by atoms with E-state index in [-0.39, 0.29) is 0 Å². The van der Waals surface area contributed by atoms with Gasteiger partial charge in [-0.15, -0.1) is 11.3 Å². The molecule has 2 aromatic rings. The lowest BCUT2D eigenvalue weighted by atomic mass is 10.2. The fourth-order valence-electron chi connectivity index (χ4n) is 1.73. The van der Waals surface area contributed by atoms with Crippen molar-refractivity contribution < 1.29 is 4.74 Å². The van der Waals surface area contributed by atoms with Gasteiger partial charge in [0.2, 0.25) is 5.88 Å². The largest absolute Gasteiger partial charge is 0.481 e. The van der Waals surface area contributed by atoms with Crippen LogP contribution in [0.3, 0.4) is 0 Å². The molecule has 0 radical (unpaired) electrons. The first kappa shape index (κ1) is 13.1. The summed E-state index contributed by atoms with van der Waals surface area (Å²) in [5, 5.41) is 3.51. The summed E-state index contributed by atoms with van der Waals surface area (Å²) in [6, 6.07) is 8.67. The van der Waals surface area contributed by atoms with Crippen molar-refractivity contribution in [2.75, 3.05) is 7.11 Å². The van der Waals surface area contributed by atoms with Gasteiger partial charge in [0.25, 0.3) is 0 Å². The van der Waals surface area contributed by atoms with Crippen molar-refractivity contribution >= 4 is 11.3 Å². The zero-order chi connectivity index (χ0) is 13.0. The Labute approximate surface area is 112 Å². The van der Waals surface area contributed by atoms with E-state index < -0.39 is 0 Å². The van der Waals surface area contributed by atoms with E-state index >= 15 is 0 Å². The fraction of sp³-hybridized carbons (Fsp3) is 0.357. The summed E-state index contributed by atoms with van der Waals surface area (Å²) < 4.78 is 5.11. The third-order valence-electron chi connectivity index (χ3n) is 2.81. The standard InChI is InChI=1S/C14H18N2OS/c1-10-4-5-13(18-10)11(2)16-9-12-6-7-15-14(8-12)17-3/h4-8,11,16H,9H2,1-3H3. The molecule has 0 aliphatic heterocycles. The van der Waals surface area contributed by atoms with Gasteiger partial charge in [0.1, 0.15) is 0 Å². The lowest BCUT2D eigenvalue weighted by Gasteiger charge is -2.12. The molecule has 0 saturated heterocycles. The van der Waals surface area contributed by atoms with Gasteiger partial charge in [0, 0.05) is 34.6 Å². The van der Waals surface area contributed by atoms with Crippen LogP contribution in [0.5, 0.6) is 5.88 Å². The number of hydrogen-bond acceptors (Lipinski definition) is 4. The summed E-state index contributed by atoms with van der Waals surface area (Å²) in [7, 11) is 1.64. The molecule has 0 spiro atoms. The number of thiophene rings is 1. The minimum absolute atomic E-state index is 0.364. The Morgan fingerprint density at radius 1 is 1.39 bits per heavy atom. The molecule has 2 heterocycles. The van der Waals surface area contributed by atoms with Crippen molar-refractivity contribution in [3.8, 4) is 5.88 Å². The predicted molar refractivity (Wildman–Crippen MR) is 75.1 cm³/mol. The third-order valence-corrected chi connectivity index (χ3v) is 3.99. The molecule has 0 aliphatic rings. The Morgan fingerprint density at radius 2 is 2.22 bits per heavy atom. The molecule has 0 saturated carbocycles. The summed E-state index contributed by atoms with van der Waals surface area (Å²) in [5.41, 5.74) is 1.18. The van der Waals surface area contributed by atoms with Gasteiger partial charge in [-0.2, -0.15) is 0 Å². The second kappa shape index (κ2) is 5.98. The molecule has 18 heavy (non-hydrogen) atoms. The second-order valence-electron chi connectivity index (χ2n) is 4.26. The molecule has 0 fully saturated rings. The smallest absolute Gasteiger partial charge is 0.213 e. The Bertz CT molecular complexity index is 510. The molecule has 96 valence electrons. The van der Waals surface area contributed by atoms with Crippen LogP contribution >= 0.6 is 11.3 Å². The molecule has 0 amide bonds. The van der Waals surface area contributed by atoms with Crippen LogP contribution in [0.15, 0.2) is 30.5 Å². The number of nitrogens with one attached hydrogen (secondary N) is 1. The highest BCUT2D eigenvalue weighted by Gasteiger charge is 2.07. The average molecular weight is 262 g/mol. The van der Waals surface area contributed by atoms with Crippen molar-refractivity contribution in [3.05, 3.63) is 45.8 Å². The maximum atomic E-state index is 5.11. The van der Waals surface area contributed by atoms with Crippen LogP contribution in [0.1, 0.15) is 28.3 Å². The molecule has 2 rings (SSSR count). The number of aromatic nitrogens is 1. The van der Waals surface area contributed by atoms with Crippen LogP contribution in [0.4, 0.5) is 0 Å². The van der Waals surface area contributed by atoms with E-state index in [4.69, 9.17) is 4.74 Å². The van der Waals surface area contributed by atoms with Crippen molar-refractivity contribution in [1.29, 1.82) is 0 Å². The van der Waals surface area contributed by atoms with Gasteiger partial charge in [0.05, 0.1) is 7.11 Å². The molecule has 3 nitrogen and oxygen atoms in total. The monoisotopic (exact) mass is 262 g/mol. The van der Waals surface area contributed by atoms with Crippen LogP contribution in [0.2, 0.25) is 0 Å². The molecule has 0 aromatic carbocycles. The van der Waals surface area contributed by atoms with E-state index in [2.05, 4.69) is 36.3 Å². The Kier molecular flexibility index (Phi) is 4.33. The average Bonchev–Trinajstić information content (AvgIpc) is 2.83. The summed E-state index contributed by atoms with van der Waals surface area (Å²) in [6.45, 7) is 5.13. The summed E-state index contributed by atoms with van der Waals surface area (Å²) in [4.78, 5) is 6.82. The first-order chi connectivity index (χ1) is 8.69. The predicted octanol–water partition coefficient (Wildman–Crippen LogP) is 3.31. The van der Waals surface area contributed by atoms with E-state index in [0.717, 1.165) is 6.54 Å². The molecule has 1 N–H and O–H groups in total. The molecular formula is C14H18N2OS. The lowest BCUT2D eigenvalue weighted by molar-refractivity contribution is 0.397. The van der Waals surface area contributed by atoms with E-state index in [1.807, 2.05) is 23.5 Å². The van der Waals surface area contributed by atoms with Gasteiger partial charge in [0.15, 0.2) is 0 Å². The van der Waals surface area contributed by atoms with Crippen molar-refractivity contribution in [2.45, 2.75) is 26.4 Å². The molecular weight excluding hydrogens is 244 g/mol. The van der Waals surface area contributed by atoms with E-state index in [0.29, 0.717) is 11.9 Å². The van der Waals surface area contributed by atoms with Gasteiger partial charge in [-0.3, -0.25) is 0 Å². The topological polar surface area (TPSA) is 34.1 Å². The Balaban J connectivity index is 1.94. The minimum Gasteiger partial charge on any atom is -0.481 e. The van der Waals surface area contributed by atoms with Crippen LogP contribution in [-0.4, -0.2) is 12.1 Å². The first-order valence-electron chi connectivity index (χ1n) is 5.97. The van der Waals surface area contributed by atoms with Gasteiger partial charge in [-0.1, -0.05) is 0 Å². The zero-order valence-electron chi connectivity index (χ0n) is 10.9. The van der Waals surface area contributed by atoms with E-state index in [1.54, 1.807) is 13.3 Å². The normalized spacial score (nSPS) is 12.4. The number of methoxy groups -OCH3 is 1. The fourth-order valence-corrected chi connectivity index (χ4v) is 2.63. The highest BCUT2D eigenvalue weighted by molar-refractivity contribution is 7.12. The zero-order valence-corrected chi connectivity index (χ0v) is 11.8. The number of ether oxygens (including phenoxy) is 1. The molecule has 0 aliphatic carbocycles. The highest BCUT2D eigenvalue weighted by atomic mass is 32.1. The first-order valence-corrected chi connectivity index (χ1v) is 6.79. The number of pyridine rings is 1. The molecule has 2 aromatic heterocycles. The van der Waals surface area contributed by atoms with Crippen molar-refractivity contribution in [2.24, 2.45) is 0 Å². The SMILES string of the molecule is COc1cc(CNC(C)c2ccc(C)s2)ccn1. The van der Waals surface area contributed by atoms with Crippen LogP contribution < -0.4 is 10.1 Å². The highest BCUT2D eigenvalue weighted by Crippen LogP contribution is 2.22. The van der Waals surface area contributed by atoms with E-state index in [9.17, 15) is 0 Å². The summed E-state index contributed by atoms with van der Waals surface area (Å²) >= 11 is 1.84. The Morgan fingerprint density at radius 3 is 2.89 bits per heavy atom. The number of aryl methyl sites for hydroxylation is 1. The van der Waals surface area contributed by atoms with Crippen molar-refractivity contribution in [1.82, 2.24) is 10.3 Å². The molecule has 1 unspecified atom stereocenters. The lowest BCUT2D eigenvalue weighted by Crippen LogP contribution is -2.17. The molecule has 0 bridgehead atoms. The van der Waals surface area contributed by atoms with Crippen molar-refractivity contribution in [3.63, 3.8) is 0 Å². The van der Waals surface area contributed by atoms with Crippen LogP contribution in [0.25, 0.3) is 0 Å². The van der Waals surface area contributed by atoms with Gasteiger partial charge >= 0.3 is 0 Å². The van der Waals surface area contributed by atoms with E-state index in [1.165, 1.54) is 15.3 Å². The Hall–Kier alpha value is -1.39. The molecule has 1 atom stereocenters. The summed E-state index contributed by atoms with van der Waals surface area (Å²) in [5.74, 6) is 0.661. The van der Waals surface area contributed by atoms with Crippen LogP contribution in [-0.2, 0) is 6.54 Å². The molecule has 4 heteroatoms. The second-order valence-corrected chi connectivity index (χ2v) is 5.58. The van der Waals surface area contributed by atoms with Gasteiger partial charge in [-0.25, -0.2) is 4.98 Å². The summed E-state index contributed by atoms with van der Waals surface area (Å²) in [6.07, 6.45) is 1.77. The maximum Gasteiger partial charge on any atom is 0.213 e. The number of nitrogens with zero attached hydrogens (tertiary/aromatic N) is 1. The van der Waals surface area contributed by atoms with Gasteiger partial charge < -0.3 is 10.1 Å². The number of hydrogen-bond donors (Lipinski definition) is 1. The number of rotatable bonds is 5. The van der Waals surface area contributed by atoms with Gasteiger partial charge in [-0.05, 0) is 37.6 Å². The third kappa shape index (κ3) is 3.31.